The Bertz CT molecular complexity index is 774. The Balaban J connectivity index is 1.59. The van der Waals surface area contributed by atoms with E-state index in [0.717, 1.165) is 36.8 Å². The number of carbonyl (C=O) groups excluding carboxylic acids is 2. The molecule has 0 unspecified atom stereocenters. The van der Waals surface area contributed by atoms with Crippen LogP contribution in [0.2, 0.25) is 0 Å². The summed E-state index contributed by atoms with van der Waals surface area (Å²) in [7, 11) is 1.58. The summed E-state index contributed by atoms with van der Waals surface area (Å²) in [4.78, 5) is 23.9. The molecule has 0 bridgehead atoms. The summed E-state index contributed by atoms with van der Waals surface area (Å²) in [5, 5.41) is 14.6. The number of aryl methyl sites for hydroxylation is 1. The fraction of sp³-hybridized carbons (Fsp3) is 0.412. The maximum atomic E-state index is 12.2. The number of benzene rings is 1. The van der Waals surface area contributed by atoms with Gasteiger partial charge in [0.05, 0.1) is 5.75 Å². The third-order valence-corrected chi connectivity index (χ3v) is 5.01. The van der Waals surface area contributed by atoms with Crippen molar-refractivity contribution in [3.8, 4) is 0 Å². The zero-order valence-corrected chi connectivity index (χ0v) is 14.9. The first-order valence-electron chi connectivity index (χ1n) is 8.34. The third kappa shape index (κ3) is 4.39. The Morgan fingerprint density at radius 1 is 1.24 bits per heavy atom. The number of anilines is 1. The van der Waals surface area contributed by atoms with E-state index in [1.807, 2.05) is 0 Å². The van der Waals surface area contributed by atoms with Gasteiger partial charge in [-0.25, -0.2) is 0 Å². The molecule has 2 amide bonds. The molecule has 0 fully saturated rings. The molecule has 0 atom stereocenters. The predicted molar refractivity (Wildman–Crippen MR) is 96.8 cm³/mol. The van der Waals surface area contributed by atoms with E-state index in [1.54, 1.807) is 31.3 Å². The second kappa shape index (κ2) is 8.15. The lowest BCUT2D eigenvalue weighted by Crippen LogP contribution is -2.19. The van der Waals surface area contributed by atoms with Crippen LogP contribution in [0.15, 0.2) is 29.4 Å². The van der Waals surface area contributed by atoms with Crippen LogP contribution in [-0.4, -0.2) is 39.4 Å². The van der Waals surface area contributed by atoms with Gasteiger partial charge in [0.1, 0.15) is 5.82 Å². The SMILES string of the molecule is CNC(=O)c1cccc(NC(=O)CSc2nnc3n2CCCCC3)c1. The number of carbonyl (C=O) groups is 2. The molecular weight excluding hydrogens is 338 g/mol. The van der Waals surface area contributed by atoms with Crippen molar-refractivity contribution in [2.24, 2.45) is 0 Å². The second-order valence-electron chi connectivity index (χ2n) is 5.86. The van der Waals surface area contributed by atoms with Crippen molar-refractivity contribution < 1.29 is 9.59 Å². The van der Waals surface area contributed by atoms with E-state index < -0.39 is 0 Å². The molecule has 7 nitrogen and oxygen atoms in total. The van der Waals surface area contributed by atoms with Gasteiger partial charge in [-0.05, 0) is 31.0 Å². The number of hydrogen-bond donors (Lipinski definition) is 2. The van der Waals surface area contributed by atoms with E-state index in [1.165, 1.54) is 18.2 Å². The van der Waals surface area contributed by atoms with Crippen LogP contribution in [0.3, 0.4) is 0 Å². The highest BCUT2D eigenvalue weighted by atomic mass is 32.2. The van der Waals surface area contributed by atoms with Gasteiger partial charge in [-0.2, -0.15) is 0 Å². The van der Waals surface area contributed by atoms with Crippen molar-refractivity contribution in [1.82, 2.24) is 20.1 Å². The summed E-state index contributed by atoms with van der Waals surface area (Å²) >= 11 is 1.39. The highest BCUT2D eigenvalue weighted by Gasteiger charge is 2.16. The monoisotopic (exact) mass is 359 g/mol. The van der Waals surface area contributed by atoms with E-state index in [4.69, 9.17) is 0 Å². The third-order valence-electron chi connectivity index (χ3n) is 4.04. The first-order valence-corrected chi connectivity index (χ1v) is 9.33. The maximum Gasteiger partial charge on any atom is 0.251 e. The summed E-state index contributed by atoms with van der Waals surface area (Å²) < 4.78 is 2.12. The van der Waals surface area contributed by atoms with Crippen LogP contribution in [0.25, 0.3) is 0 Å². The van der Waals surface area contributed by atoms with E-state index in [2.05, 4.69) is 25.4 Å². The minimum atomic E-state index is -0.184. The minimum Gasteiger partial charge on any atom is -0.355 e. The zero-order chi connectivity index (χ0) is 17.6. The smallest absolute Gasteiger partial charge is 0.251 e. The molecule has 0 radical (unpaired) electrons. The summed E-state index contributed by atoms with van der Waals surface area (Å²) in [6.07, 6.45) is 4.42. The van der Waals surface area contributed by atoms with Gasteiger partial charge < -0.3 is 15.2 Å². The van der Waals surface area contributed by atoms with Crippen LogP contribution in [-0.2, 0) is 17.8 Å². The van der Waals surface area contributed by atoms with Crippen molar-refractivity contribution >= 4 is 29.3 Å². The van der Waals surface area contributed by atoms with Crippen LogP contribution >= 0.6 is 11.8 Å². The van der Waals surface area contributed by atoms with E-state index in [0.29, 0.717) is 11.3 Å². The topological polar surface area (TPSA) is 88.9 Å². The number of rotatable bonds is 5. The van der Waals surface area contributed by atoms with E-state index >= 15 is 0 Å². The molecule has 0 aliphatic carbocycles. The van der Waals surface area contributed by atoms with Gasteiger partial charge in [0.15, 0.2) is 5.16 Å². The lowest BCUT2D eigenvalue weighted by Gasteiger charge is -2.08. The highest BCUT2D eigenvalue weighted by Crippen LogP contribution is 2.22. The second-order valence-corrected chi connectivity index (χ2v) is 6.80. The molecule has 25 heavy (non-hydrogen) atoms. The number of nitrogens with one attached hydrogen (secondary N) is 2. The molecule has 1 aromatic carbocycles. The molecule has 132 valence electrons. The average molecular weight is 359 g/mol. The van der Waals surface area contributed by atoms with Crippen LogP contribution in [0.1, 0.15) is 35.4 Å². The van der Waals surface area contributed by atoms with Crippen LogP contribution in [0, 0.1) is 0 Å². The van der Waals surface area contributed by atoms with Gasteiger partial charge in [0.25, 0.3) is 5.91 Å². The van der Waals surface area contributed by atoms with Crippen LogP contribution < -0.4 is 10.6 Å². The van der Waals surface area contributed by atoms with Crippen LogP contribution in [0.5, 0.6) is 0 Å². The van der Waals surface area contributed by atoms with Crippen molar-refractivity contribution in [3.63, 3.8) is 0 Å². The fourth-order valence-corrected chi connectivity index (χ4v) is 3.56. The molecule has 0 saturated carbocycles. The Hall–Kier alpha value is -2.35. The molecule has 1 aliphatic rings. The summed E-state index contributed by atoms with van der Waals surface area (Å²) in [6.45, 7) is 0.917. The Kier molecular flexibility index (Phi) is 5.70. The summed E-state index contributed by atoms with van der Waals surface area (Å²) in [6, 6.07) is 6.86. The summed E-state index contributed by atoms with van der Waals surface area (Å²) in [5.74, 6) is 0.947. The van der Waals surface area contributed by atoms with Gasteiger partial charge in [-0.15, -0.1) is 10.2 Å². The largest absolute Gasteiger partial charge is 0.355 e. The van der Waals surface area contributed by atoms with E-state index in [-0.39, 0.29) is 17.6 Å². The number of hydrogen-bond acceptors (Lipinski definition) is 5. The minimum absolute atomic E-state index is 0.134. The molecule has 1 aliphatic heterocycles. The van der Waals surface area contributed by atoms with Crippen LogP contribution in [0.4, 0.5) is 5.69 Å². The van der Waals surface area contributed by atoms with Crippen molar-refractivity contribution in [3.05, 3.63) is 35.7 Å². The van der Waals surface area contributed by atoms with Gasteiger partial charge >= 0.3 is 0 Å². The normalized spacial score (nSPS) is 13.6. The van der Waals surface area contributed by atoms with Crippen molar-refractivity contribution in [2.75, 3.05) is 18.1 Å². The van der Waals surface area contributed by atoms with Crippen molar-refractivity contribution in [2.45, 2.75) is 37.4 Å². The number of nitrogens with zero attached hydrogens (tertiary/aromatic N) is 3. The Morgan fingerprint density at radius 2 is 2.12 bits per heavy atom. The molecule has 1 aromatic heterocycles. The number of thioether (sulfide) groups is 1. The lowest BCUT2D eigenvalue weighted by molar-refractivity contribution is -0.113. The Labute approximate surface area is 150 Å². The highest BCUT2D eigenvalue weighted by molar-refractivity contribution is 7.99. The molecule has 2 heterocycles. The van der Waals surface area contributed by atoms with E-state index in [9.17, 15) is 9.59 Å². The standard InChI is InChI=1S/C17H21N5O2S/c1-18-16(24)12-6-5-7-13(10-12)19-15(23)11-25-17-21-20-14-8-3-2-4-9-22(14)17/h5-7,10H,2-4,8-9,11H2,1H3,(H,18,24)(H,19,23). The molecule has 2 aromatic rings. The first kappa shape index (κ1) is 17.5. The van der Waals surface area contributed by atoms with Gasteiger partial charge in [0, 0.05) is 31.3 Å². The lowest BCUT2D eigenvalue weighted by atomic mass is 10.2. The number of aromatic nitrogens is 3. The Morgan fingerprint density at radius 3 is 2.96 bits per heavy atom. The average Bonchev–Trinajstić information content (AvgIpc) is 2.85. The molecular formula is C17H21N5O2S. The molecule has 0 spiro atoms. The van der Waals surface area contributed by atoms with Gasteiger partial charge in [-0.1, -0.05) is 24.2 Å². The molecule has 0 saturated heterocycles. The molecule has 8 heteroatoms. The summed E-state index contributed by atoms with van der Waals surface area (Å²) in [5.41, 5.74) is 1.11. The quantitative estimate of drug-likeness (QED) is 0.798. The number of fused-ring (bicyclic) bond motifs is 1. The molecule has 2 N–H and O–H groups in total. The fourth-order valence-electron chi connectivity index (χ4n) is 2.77. The van der Waals surface area contributed by atoms with Gasteiger partial charge in [-0.3, -0.25) is 9.59 Å². The molecule has 3 rings (SSSR count). The first-order chi connectivity index (χ1) is 12.2. The van der Waals surface area contributed by atoms with Crippen molar-refractivity contribution in [1.29, 1.82) is 0 Å². The maximum absolute atomic E-state index is 12.2. The predicted octanol–water partition coefficient (Wildman–Crippen LogP) is 2.09. The number of amides is 2. The zero-order valence-electron chi connectivity index (χ0n) is 14.1. The van der Waals surface area contributed by atoms with Gasteiger partial charge in [0.2, 0.25) is 5.91 Å².